The average Bonchev–Trinajstić information content (AvgIpc) is 2.46. The van der Waals surface area contributed by atoms with Crippen molar-refractivity contribution >= 4 is 22.4 Å². The van der Waals surface area contributed by atoms with Gasteiger partial charge in [-0.05, 0) is 36.1 Å². The number of fused-ring (bicyclic) bond motifs is 1. The fourth-order valence-electron chi connectivity index (χ4n) is 2.33. The lowest BCUT2D eigenvalue weighted by atomic mass is 9.96. The minimum absolute atomic E-state index is 0. The Kier molecular flexibility index (Phi) is 7.18. The van der Waals surface area contributed by atoms with Crippen LogP contribution in [0.2, 0.25) is 0 Å². The highest BCUT2D eigenvalue weighted by atomic mass is 35.5. The summed E-state index contributed by atoms with van der Waals surface area (Å²) in [5.74, 6) is 0. The molecule has 1 heterocycles. The van der Waals surface area contributed by atoms with Crippen LogP contribution in [0.15, 0.2) is 23.1 Å². The average molecular weight is 355 g/mol. The Balaban J connectivity index is 0.00000242. The van der Waals surface area contributed by atoms with Crippen molar-refractivity contribution in [2.24, 2.45) is 0 Å². The molecule has 8 heteroatoms. The molecule has 0 aliphatic carbocycles. The summed E-state index contributed by atoms with van der Waals surface area (Å²) in [6.07, 6.45) is -0.512. The van der Waals surface area contributed by atoms with E-state index in [-0.39, 0.29) is 30.3 Å². The maximum atomic E-state index is 12.7. The molecule has 2 N–H and O–H groups in total. The highest BCUT2D eigenvalue weighted by molar-refractivity contribution is 7.89. The Morgan fingerprint density at radius 3 is 2.73 bits per heavy atom. The van der Waals surface area contributed by atoms with Crippen molar-refractivity contribution in [1.29, 1.82) is 0 Å². The van der Waals surface area contributed by atoms with Gasteiger partial charge in [-0.3, -0.25) is 0 Å². The third kappa shape index (κ3) is 4.62. The summed E-state index contributed by atoms with van der Waals surface area (Å²) in [6, 6.07) is 3.83. The number of rotatable bonds is 6. The van der Waals surface area contributed by atoms with Crippen LogP contribution in [0.25, 0.3) is 0 Å². The molecule has 1 atom stereocenters. The summed E-state index contributed by atoms with van der Waals surface area (Å²) in [6.45, 7) is 2.66. The molecule has 22 heavy (non-hydrogen) atoms. The number of nitrogens with one attached hydrogen (secondary N) is 2. The second-order valence-corrected chi connectivity index (χ2v) is 6.97. The molecule has 0 spiro atoms. The first-order valence-electron chi connectivity index (χ1n) is 7.07. The van der Waals surface area contributed by atoms with E-state index >= 15 is 0 Å². The fraction of sp³-hybridized carbons (Fsp3) is 0.571. The van der Waals surface area contributed by atoms with Crippen molar-refractivity contribution in [3.8, 4) is 0 Å². The number of hydrogen-bond donors (Lipinski definition) is 2. The number of halogens is 3. The minimum Gasteiger partial charge on any atom is -0.304 e. The van der Waals surface area contributed by atoms with Gasteiger partial charge < -0.3 is 5.32 Å². The first kappa shape index (κ1) is 19.3. The zero-order chi connectivity index (χ0) is 15.5. The maximum Gasteiger partial charge on any atom is 0.254 e. The topological polar surface area (TPSA) is 58.2 Å². The van der Waals surface area contributed by atoms with E-state index in [1.165, 1.54) is 6.07 Å². The molecule has 0 saturated carbocycles. The summed E-state index contributed by atoms with van der Waals surface area (Å²) < 4.78 is 52.1. The monoisotopic (exact) mass is 354 g/mol. The second-order valence-electron chi connectivity index (χ2n) is 5.21. The smallest absolute Gasteiger partial charge is 0.254 e. The second kappa shape index (κ2) is 8.19. The predicted molar refractivity (Wildman–Crippen MR) is 84.1 cm³/mol. The molecular weight excluding hydrogens is 334 g/mol. The molecule has 0 fully saturated rings. The number of alkyl halides is 2. The SMILES string of the molecule is CCCCNS(=O)(=O)c1ccc2c(c1)CNC(C(F)F)C2.Cl. The zero-order valence-corrected chi connectivity index (χ0v) is 13.9. The van der Waals surface area contributed by atoms with Gasteiger partial charge >= 0.3 is 0 Å². The summed E-state index contributed by atoms with van der Waals surface area (Å²) in [7, 11) is -3.52. The first-order chi connectivity index (χ1) is 9.94. The molecule has 2 rings (SSSR count). The van der Waals surface area contributed by atoms with Crippen LogP contribution in [0.5, 0.6) is 0 Å². The van der Waals surface area contributed by atoms with Crippen LogP contribution in [0.4, 0.5) is 8.78 Å². The molecular formula is C14H21ClF2N2O2S. The van der Waals surface area contributed by atoms with Crippen LogP contribution in [-0.2, 0) is 23.0 Å². The van der Waals surface area contributed by atoms with Crippen molar-refractivity contribution in [3.05, 3.63) is 29.3 Å². The Morgan fingerprint density at radius 2 is 2.09 bits per heavy atom. The number of benzene rings is 1. The van der Waals surface area contributed by atoms with Gasteiger partial charge in [0.2, 0.25) is 10.0 Å². The molecule has 1 aliphatic rings. The molecule has 1 aliphatic heterocycles. The van der Waals surface area contributed by atoms with Crippen molar-refractivity contribution in [1.82, 2.24) is 10.0 Å². The summed E-state index contributed by atoms with van der Waals surface area (Å²) >= 11 is 0. The van der Waals surface area contributed by atoms with E-state index in [1.807, 2.05) is 6.92 Å². The van der Waals surface area contributed by atoms with Gasteiger partial charge in [-0.2, -0.15) is 0 Å². The largest absolute Gasteiger partial charge is 0.304 e. The summed E-state index contributed by atoms with van der Waals surface area (Å²) in [5.41, 5.74) is 1.55. The van der Waals surface area contributed by atoms with Crippen LogP contribution < -0.4 is 10.0 Å². The van der Waals surface area contributed by atoms with Crippen LogP contribution in [0, 0.1) is 0 Å². The molecule has 0 radical (unpaired) electrons. The van der Waals surface area contributed by atoms with E-state index in [9.17, 15) is 17.2 Å². The lowest BCUT2D eigenvalue weighted by Gasteiger charge is -2.25. The van der Waals surface area contributed by atoms with Crippen LogP contribution in [-0.4, -0.2) is 27.4 Å². The van der Waals surface area contributed by atoms with E-state index < -0.39 is 22.5 Å². The molecule has 0 saturated heterocycles. The third-order valence-corrected chi connectivity index (χ3v) is 5.07. The normalized spacial score (nSPS) is 17.9. The van der Waals surface area contributed by atoms with Gasteiger partial charge in [-0.1, -0.05) is 19.4 Å². The standard InChI is InChI=1S/C14H20F2N2O2S.ClH/c1-2-3-6-18-21(19,20)12-5-4-10-8-13(14(15)16)17-9-11(10)7-12;/h4-5,7,13-14,17-18H,2-3,6,8-9H2,1H3;1H. The van der Waals surface area contributed by atoms with E-state index in [0.29, 0.717) is 6.54 Å². The van der Waals surface area contributed by atoms with Gasteiger partial charge in [-0.15, -0.1) is 12.4 Å². The van der Waals surface area contributed by atoms with Crippen LogP contribution >= 0.6 is 12.4 Å². The van der Waals surface area contributed by atoms with Gasteiger partial charge in [0.25, 0.3) is 6.43 Å². The molecule has 1 unspecified atom stereocenters. The van der Waals surface area contributed by atoms with Gasteiger partial charge in [0, 0.05) is 13.1 Å². The van der Waals surface area contributed by atoms with Gasteiger partial charge in [0.05, 0.1) is 10.9 Å². The molecule has 0 amide bonds. The van der Waals surface area contributed by atoms with E-state index in [2.05, 4.69) is 10.0 Å². The fourth-order valence-corrected chi connectivity index (χ4v) is 3.45. The first-order valence-corrected chi connectivity index (χ1v) is 8.55. The van der Waals surface area contributed by atoms with Gasteiger partial charge in [-0.25, -0.2) is 21.9 Å². The number of unbranched alkanes of at least 4 members (excludes halogenated alkanes) is 1. The Hall–Kier alpha value is -0.760. The number of sulfonamides is 1. The Morgan fingerprint density at radius 1 is 1.36 bits per heavy atom. The van der Waals surface area contributed by atoms with Crippen molar-refractivity contribution in [3.63, 3.8) is 0 Å². The molecule has 4 nitrogen and oxygen atoms in total. The van der Waals surface area contributed by atoms with Crippen molar-refractivity contribution in [2.75, 3.05) is 6.54 Å². The zero-order valence-electron chi connectivity index (χ0n) is 12.3. The van der Waals surface area contributed by atoms with E-state index in [1.54, 1.807) is 12.1 Å². The summed E-state index contributed by atoms with van der Waals surface area (Å²) in [5, 5.41) is 2.74. The Bertz CT molecular complexity index is 597. The van der Waals surface area contributed by atoms with Gasteiger partial charge in [0.15, 0.2) is 0 Å². The molecule has 1 aromatic carbocycles. The highest BCUT2D eigenvalue weighted by Gasteiger charge is 2.26. The van der Waals surface area contributed by atoms with Crippen LogP contribution in [0.3, 0.4) is 0 Å². The molecule has 126 valence electrons. The van der Waals surface area contributed by atoms with E-state index in [4.69, 9.17) is 0 Å². The third-order valence-electron chi connectivity index (χ3n) is 3.61. The predicted octanol–water partition coefficient (Wildman–Crippen LogP) is 2.47. The minimum atomic E-state index is -3.52. The Labute approximate surface area is 136 Å². The van der Waals surface area contributed by atoms with Crippen molar-refractivity contribution in [2.45, 2.75) is 50.1 Å². The molecule has 0 bridgehead atoms. The van der Waals surface area contributed by atoms with Crippen molar-refractivity contribution < 1.29 is 17.2 Å². The molecule has 0 aromatic heterocycles. The lowest BCUT2D eigenvalue weighted by molar-refractivity contribution is 0.0941. The molecule has 1 aromatic rings. The lowest BCUT2D eigenvalue weighted by Crippen LogP contribution is -2.40. The summed E-state index contributed by atoms with van der Waals surface area (Å²) in [4.78, 5) is 0.189. The van der Waals surface area contributed by atoms with Crippen LogP contribution in [0.1, 0.15) is 30.9 Å². The maximum absolute atomic E-state index is 12.7. The number of hydrogen-bond acceptors (Lipinski definition) is 3. The van der Waals surface area contributed by atoms with E-state index in [0.717, 1.165) is 24.0 Å². The quantitative estimate of drug-likeness (QED) is 0.771. The van der Waals surface area contributed by atoms with Gasteiger partial charge in [0.1, 0.15) is 0 Å². The highest BCUT2D eigenvalue weighted by Crippen LogP contribution is 2.23.